The molecule has 0 spiro atoms. The topological polar surface area (TPSA) is 124 Å². The Bertz CT molecular complexity index is 1260. The van der Waals surface area contributed by atoms with Gasteiger partial charge in [-0.2, -0.15) is 0 Å². The molecule has 2 amide bonds. The number of morpholine rings is 1. The van der Waals surface area contributed by atoms with Crippen molar-refractivity contribution in [2.24, 2.45) is 0 Å². The Balaban J connectivity index is 1.42. The lowest BCUT2D eigenvalue weighted by molar-refractivity contribution is -0.119. The van der Waals surface area contributed by atoms with Gasteiger partial charge in [-0.1, -0.05) is 6.07 Å². The highest BCUT2D eigenvalue weighted by atomic mass is 32.1. The summed E-state index contributed by atoms with van der Waals surface area (Å²) in [6.07, 6.45) is 3.50. The van der Waals surface area contributed by atoms with E-state index in [1.807, 2.05) is 48.9 Å². The minimum absolute atomic E-state index is 0.00419. The highest BCUT2D eigenvalue weighted by Crippen LogP contribution is 2.26. The van der Waals surface area contributed by atoms with Gasteiger partial charge in [0, 0.05) is 37.3 Å². The average molecular weight is 542 g/mol. The minimum Gasteiger partial charge on any atom is -0.382 e. The molecular formula is C26H35N7O4S. The zero-order chi connectivity index (χ0) is 27.4. The van der Waals surface area contributed by atoms with Crippen LogP contribution in [-0.2, 0) is 19.8 Å². The molecule has 2 N–H and O–H groups in total. The van der Waals surface area contributed by atoms with Gasteiger partial charge in [0.2, 0.25) is 0 Å². The van der Waals surface area contributed by atoms with Crippen LogP contribution in [0.5, 0.6) is 0 Å². The summed E-state index contributed by atoms with van der Waals surface area (Å²) in [4.78, 5) is 41.5. The molecule has 1 aliphatic rings. The third-order valence-corrected chi connectivity index (χ3v) is 6.78. The lowest BCUT2D eigenvalue weighted by Gasteiger charge is -2.36. The second-order valence-electron chi connectivity index (χ2n) is 10.4. The fourth-order valence-electron chi connectivity index (χ4n) is 4.14. The van der Waals surface area contributed by atoms with E-state index in [1.165, 1.54) is 18.4 Å². The zero-order valence-corrected chi connectivity index (χ0v) is 23.4. The molecule has 0 unspecified atom stereocenters. The number of anilines is 2. The second-order valence-corrected chi connectivity index (χ2v) is 11.2. The maximum atomic E-state index is 13.0. The van der Waals surface area contributed by atoms with Crippen LogP contribution in [0.15, 0.2) is 36.1 Å². The van der Waals surface area contributed by atoms with Crippen LogP contribution in [0.2, 0.25) is 0 Å². The van der Waals surface area contributed by atoms with Crippen molar-refractivity contribution in [1.29, 1.82) is 0 Å². The molecule has 12 heteroatoms. The Morgan fingerprint density at radius 1 is 1.18 bits per heavy atom. The highest BCUT2D eigenvalue weighted by Gasteiger charge is 2.26. The van der Waals surface area contributed by atoms with Crippen LogP contribution in [0.3, 0.4) is 0 Å². The number of pyridine rings is 1. The minimum atomic E-state index is -0.925. The maximum absolute atomic E-state index is 13.0. The third-order valence-electron chi connectivity index (χ3n) is 6.02. The predicted octanol–water partition coefficient (Wildman–Crippen LogP) is 3.15. The first-order chi connectivity index (χ1) is 18.0. The van der Waals surface area contributed by atoms with E-state index < -0.39 is 17.9 Å². The van der Waals surface area contributed by atoms with E-state index in [2.05, 4.69) is 39.3 Å². The van der Waals surface area contributed by atoms with Gasteiger partial charge < -0.3 is 29.6 Å². The fraction of sp³-hybridized carbons (Fsp3) is 0.500. The monoisotopic (exact) mass is 541 g/mol. The largest absolute Gasteiger partial charge is 0.382 e. The number of imidazole rings is 1. The number of ether oxygens (including phenoxy) is 2. The quantitative estimate of drug-likeness (QED) is 0.446. The van der Waals surface area contributed by atoms with Crippen LogP contribution in [0.25, 0.3) is 11.4 Å². The van der Waals surface area contributed by atoms with Crippen molar-refractivity contribution < 1.29 is 19.1 Å². The van der Waals surface area contributed by atoms with Gasteiger partial charge in [0.05, 0.1) is 30.8 Å². The zero-order valence-electron chi connectivity index (χ0n) is 22.6. The van der Waals surface area contributed by atoms with Crippen LogP contribution in [0.4, 0.5) is 10.9 Å². The number of nitrogens with one attached hydrogen (secondary N) is 2. The van der Waals surface area contributed by atoms with E-state index in [9.17, 15) is 9.59 Å². The van der Waals surface area contributed by atoms with Crippen LogP contribution >= 0.6 is 11.3 Å². The van der Waals surface area contributed by atoms with Crippen molar-refractivity contribution in [3.63, 3.8) is 0 Å². The Kier molecular flexibility index (Phi) is 8.44. The van der Waals surface area contributed by atoms with E-state index in [0.717, 1.165) is 18.9 Å². The smallest absolute Gasteiger partial charge is 0.272 e. The Labute approximate surface area is 226 Å². The number of thiazole rings is 1. The molecule has 3 aromatic rings. The van der Waals surface area contributed by atoms with Crippen molar-refractivity contribution in [3.05, 3.63) is 41.8 Å². The molecular weight excluding hydrogens is 506 g/mol. The molecule has 0 aliphatic carbocycles. The SMILES string of the molecule is COC[C@H](NC(=O)c1cn(C(C)(C)C)cn1)C(=O)Nc1nc(-c2cccc(N3C[C@@H](C)O[C@@H](C)C3)n2)cs1. The summed E-state index contributed by atoms with van der Waals surface area (Å²) in [5.74, 6) is -0.0352. The van der Waals surface area contributed by atoms with Gasteiger partial charge in [0.25, 0.3) is 11.8 Å². The summed E-state index contributed by atoms with van der Waals surface area (Å²) in [6.45, 7) is 11.7. The summed E-state index contributed by atoms with van der Waals surface area (Å²) < 4.78 is 12.9. The molecule has 204 valence electrons. The number of aromatic nitrogens is 4. The van der Waals surface area contributed by atoms with Crippen LogP contribution in [0.1, 0.15) is 45.1 Å². The van der Waals surface area contributed by atoms with Gasteiger partial charge in [-0.25, -0.2) is 15.0 Å². The Morgan fingerprint density at radius 3 is 2.58 bits per heavy atom. The summed E-state index contributed by atoms with van der Waals surface area (Å²) in [7, 11) is 1.47. The van der Waals surface area contributed by atoms with Gasteiger partial charge >= 0.3 is 0 Å². The standard InChI is InChI=1S/C26H35N7O4S/c1-16-10-32(11-17(2)37-16)22-9-7-8-18(28-22)21-14-38-25(30-21)31-24(35)20(13-36-6)29-23(34)19-12-33(15-27-19)26(3,4)5/h7-9,12,14-17,20H,10-11,13H2,1-6H3,(H,29,34)(H,30,31,35)/t16-,17+,20-/m0/s1. The predicted molar refractivity (Wildman–Crippen MR) is 147 cm³/mol. The molecule has 0 aromatic carbocycles. The van der Waals surface area contributed by atoms with E-state index in [1.54, 1.807) is 12.5 Å². The summed E-state index contributed by atoms with van der Waals surface area (Å²) >= 11 is 1.29. The number of methoxy groups -OCH3 is 1. The average Bonchev–Trinajstić information content (AvgIpc) is 3.53. The maximum Gasteiger partial charge on any atom is 0.272 e. The van der Waals surface area contributed by atoms with Crippen molar-refractivity contribution >= 4 is 34.1 Å². The first-order valence-electron chi connectivity index (χ1n) is 12.5. The summed E-state index contributed by atoms with van der Waals surface area (Å²) in [5, 5.41) is 7.74. The highest BCUT2D eigenvalue weighted by molar-refractivity contribution is 7.14. The number of rotatable bonds is 8. The molecule has 1 aliphatic heterocycles. The van der Waals surface area contributed by atoms with Gasteiger partial charge in [-0.05, 0) is 46.8 Å². The van der Waals surface area contributed by atoms with E-state index in [4.69, 9.17) is 14.5 Å². The molecule has 4 rings (SSSR count). The number of nitrogens with zero attached hydrogens (tertiary/aromatic N) is 5. The number of carbonyl (C=O) groups excluding carboxylic acids is 2. The molecule has 4 heterocycles. The molecule has 0 radical (unpaired) electrons. The summed E-state index contributed by atoms with van der Waals surface area (Å²) in [5.41, 5.74) is 1.37. The van der Waals surface area contributed by atoms with E-state index in [0.29, 0.717) is 16.5 Å². The van der Waals surface area contributed by atoms with Crippen molar-refractivity contribution in [1.82, 2.24) is 24.8 Å². The lowest BCUT2D eigenvalue weighted by Crippen LogP contribution is -2.46. The first kappa shape index (κ1) is 27.7. The molecule has 1 saturated heterocycles. The summed E-state index contributed by atoms with van der Waals surface area (Å²) in [6, 6.07) is 4.89. The van der Waals surface area contributed by atoms with Crippen LogP contribution in [-0.4, -0.2) is 76.4 Å². The molecule has 38 heavy (non-hydrogen) atoms. The van der Waals surface area contributed by atoms with Crippen molar-refractivity contribution in [3.8, 4) is 11.4 Å². The van der Waals surface area contributed by atoms with Crippen LogP contribution < -0.4 is 15.5 Å². The first-order valence-corrected chi connectivity index (χ1v) is 13.4. The molecule has 0 bridgehead atoms. The third kappa shape index (κ3) is 6.74. The van der Waals surface area contributed by atoms with E-state index in [-0.39, 0.29) is 30.0 Å². The number of hydrogen-bond acceptors (Lipinski definition) is 9. The van der Waals surface area contributed by atoms with Crippen LogP contribution in [0, 0.1) is 0 Å². The number of hydrogen-bond donors (Lipinski definition) is 2. The van der Waals surface area contributed by atoms with Gasteiger partial charge in [-0.15, -0.1) is 11.3 Å². The fourth-order valence-corrected chi connectivity index (χ4v) is 4.84. The Hall–Kier alpha value is -3.35. The normalized spacial score (nSPS) is 18.7. The molecule has 1 fully saturated rings. The molecule has 0 saturated carbocycles. The second kappa shape index (κ2) is 11.6. The molecule has 3 atom stereocenters. The van der Waals surface area contributed by atoms with Gasteiger partial charge in [-0.3, -0.25) is 9.59 Å². The van der Waals surface area contributed by atoms with Crippen molar-refractivity contribution in [2.75, 3.05) is 37.0 Å². The number of amides is 2. The van der Waals surface area contributed by atoms with Gasteiger partial charge in [0.15, 0.2) is 5.13 Å². The lowest BCUT2D eigenvalue weighted by atomic mass is 10.1. The van der Waals surface area contributed by atoms with Gasteiger partial charge in [0.1, 0.15) is 23.2 Å². The molecule has 3 aromatic heterocycles. The Morgan fingerprint density at radius 2 is 1.92 bits per heavy atom. The van der Waals surface area contributed by atoms with E-state index >= 15 is 0 Å². The molecule has 11 nitrogen and oxygen atoms in total. The number of carbonyl (C=O) groups is 2. The van der Waals surface area contributed by atoms with Crippen molar-refractivity contribution in [2.45, 2.75) is 58.4 Å².